The molecule has 132 valence electrons. The number of benzene rings is 1. The Balaban J connectivity index is 2.20. The van der Waals surface area contributed by atoms with Crippen LogP contribution in [0.4, 0.5) is 0 Å². The standard InChI is InChI=1S/C16H17N3O6/c20-7-12(22)13(23)11(21)6-19-10-4-2-1-3-8(10)5-9-14(19)17-16(25)18-15(9)24/h1-5,11-13,20-23H,6-7H2,(H,18,24,25)/t11-,12+,13-/m0/s1. The van der Waals surface area contributed by atoms with Crippen LogP contribution in [0.25, 0.3) is 22.3 Å². The summed E-state index contributed by atoms with van der Waals surface area (Å²) < 4.78 is 1.43. The monoisotopic (exact) mass is 347 g/mol. The van der Waals surface area contributed by atoms with E-state index in [1.54, 1.807) is 30.3 Å². The van der Waals surface area contributed by atoms with Crippen molar-refractivity contribution in [2.24, 2.45) is 0 Å². The minimum Gasteiger partial charge on any atom is -0.394 e. The van der Waals surface area contributed by atoms with E-state index in [1.165, 1.54) is 4.57 Å². The number of hydrogen-bond acceptors (Lipinski definition) is 7. The summed E-state index contributed by atoms with van der Waals surface area (Å²) in [5.41, 5.74) is -0.702. The van der Waals surface area contributed by atoms with E-state index in [4.69, 9.17) is 5.11 Å². The number of rotatable bonds is 5. The van der Waals surface area contributed by atoms with Crippen molar-refractivity contribution in [3.05, 3.63) is 51.2 Å². The number of hydrogen-bond donors (Lipinski definition) is 5. The van der Waals surface area contributed by atoms with Crippen molar-refractivity contribution in [3.8, 4) is 11.4 Å². The van der Waals surface area contributed by atoms with Gasteiger partial charge in [-0.3, -0.25) is 9.78 Å². The van der Waals surface area contributed by atoms with Crippen LogP contribution in [-0.4, -0.2) is 59.9 Å². The molecule has 3 atom stereocenters. The van der Waals surface area contributed by atoms with Crippen LogP contribution in [0.5, 0.6) is 0 Å². The predicted octanol–water partition coefficient (Wildman–Crippen LogP) is -1.74. The van der Waals surface area contributed by atoms with Gasteiger partial charge in [-0.1, -0.05) is 18.2 Å². The van der Waals surface area contributed by atoms with Gasteiger partial charge in [0.15, 0.2) is 5.82 Å². The van der Waals surface area contributed by atoms with Crippen LogP contribution in [0, 0.1) is 0 Å². The quantitative estimate of drug-likeness (QED) is 0.344. The van der Waals surface area contributed by atoms with Crippen molar-refractivity contribution in [3.63, 3.8) is 0 Å². The van der Waals surface area contributed by atoms with E-state index >= 15 is 0 Å². The van der Waals surface area contributed by atoms with Crippen LogP contribution in [0.15, 0.2) is 39.9 Å². The zero-order chi connectivity index (χ0) is 18.1. The molecule has 0 saturated heterocycles. The number of fused-ring (bicyclic) bond motifs is 2. The molecule has 1 aromatic carbocycles. The van der Waals surface area contributed by atoms with E-state index in [1.807, 2.05) is 0 Å². The molecule has 9 heteroatoms. The highest BCUT2D eigenvalue weighted by Crippen LogP contribution is 2.24. The van der Waals surface area contributed by atoms with Crippen LogP contribution < -0.4 is 11.2 Å². The average molecular weight is 347 g/mol. The second-order valence-electron chi connectivity index (χ2n) is 5.73. The molecular weight excluding hydrogens is 330 g/mol. The molecule has 25 heavy (non-hydrogen) atoms. The van der Waals surface area contributed by atoms with Gasteiger partial charge in [0.1, 0.15) is 18.3 Å². The van der Waals surface area contributed by atoms with Crippen LogP contribution in [0.1, 0.15) is 0 Å². The number of H-pyrrole nitrogens is 1. The smallest absolute Gasteiger partial charge is 0.349 e. The molecule has 0 radical (unpaired) electrons. The molecule has 0 unspecified atom stereocenters. The van der Waals surface area contributed by atoms with Gasteiger partial charge in [0.2, 0.25) is 0 Å². The fraction of sp³-hybridized carbons (Fsp3) is 0.312. The lowest BCUT2D eigenvalue weighted by Gasteiger charge is -2.25. The van der Waals surface area contributed by atoms with Gasteiger partial charge in [-0.2, -0.15) is 4.98 Å². The minimum atomic E-state index is -1.61. The first-order valence-electron chi connectivity index (χ1n) is 7.60. The normalized spacial score (nSPS) is 15.4. The van der Waals surface area contributed by atoms with Crippen molar-refractivity contribution in [1.29, 1.82) is 0 Å². The minimum absolute atomic E-state index is 0.0530. The first kappa shape index (κ1) is 17.2. The molecular formula is C16H17N3O6. The molecule has 9 nitrogen and oxygen atoms in total. The lowest BCUT2D eigenvalue weighted by Crippen LogP contribution is -2.42. The van der Waals surface area contributed by atoms with Crippen molar-refractivity contribution >= 4 is 10.9 Å². The lowest BCUT2D eigenvalue weighted by atomic mass is 10.1. The van der Waals surface area contributed by atoms with Crippen molar-refractivity contribution in [1.82, 2.24) is 14.5 Å². The molecule has 0 fully saturated rings. The van der Waals surface area contributed by atoms with Gasteiger partial charge in [-0.05, 0) is 17.5 Å². The first-order valence-corrected chi connectivity index (χ1v) is 7.60. The predicted molar refractivity (Wildman–Crippen MR) is 88.4 cm³/mol. The highest BCUT2D eigenvalue weighted by atomic mass is 16.4. The summed E-state index contributed by atoms with van der Waals surface area (Å²) in [7, 11) is 0. The molecule has 1 aromatic rings. The zero-order valence-electron chi connectivity index (χ0n) is 13.0. The number of nitrogens with zero attached hydrogens (tertiary/aromatic N) is 2. The number of pyridine rings is 1. The Kier molecular flexibility index (Phi) is 4.64. The number of aromatic amines is 1. The molecule has 0 aliphatic carbocycles. The summed E-state index contributed by atoms with van der Waals surface area (Å²) >= 11 is 0. The molecule has 0 amide bonds. The topological polar surface area (TPSA) is 149 Å². The Labute approximate surface area is 140 Å². The molecule has 0 bridgehead atoms. The summed E-state index contributed by atoms with van der Waals surface area (Å²) in [6, 6.07) is 8.55. The number of nitrogens with one attached hydrogen (secondary N) is 1. The molecule has 0 saturated carbocycles. The second-order valence-corrected chi connectivity index (χ2v) is 5.73. The third kappa shape index (κ3) is 3.17. The lowest BCUT2D eigenvalue weighted by molar-refractivity contribution is -0.0802. The van der Waals surface area contributed by atoms with Gasteiger partial charge in [0.05, 0.1) is 18.7 Å². The van der Waals surface area contributed by atoms with Gasteiger partial charge in [-0.15, -0.1) is 0 Å². The molecule has 2 heterocycles. The molecule has 3 rings (SSSR count). The summed E-state index contributed by atoms with van der Waals surface area (Å²) in [4.78, 5) is 29.6. The zero-order valence-corrected chi connectivity index (χ0v) is 13.0. The molecule has 2 aliphatic heterocycles. The summed E-state index contributed by atoms with van der Waals surface area (Å²) in [5.74, 6) is 0.0530. The van der Waals surface area contributed by atoms with Crippen LogP contribution in [0.2, 0.25) is 0 Å². The highest BCUT2D eigenvalue weighted by molar-refractivity contribution is 5.85. The van der Waals surface area contributed by atoms with Crippen molar-refractivity contribution in [2.45, 2.75) is 24.9 Å². The van der Waals surface area contributed by atoms with E-state index in [2.05, 4.69) is 9.97 Å². The maximum absolute atomic E-state index is 12.1. The number of aromatic nitrogens is 3. The van der Waals surface area contributed by atoms with E-state index in [0.29, 0.717) is 10.9 Å². The average Bonchev–Trinajstić information content (AvgIpc) is 2.60. The molecule has 0 spiro atoms. The molecule has 2 aliphatic rings. The van der Waals surface area contributed by atoms with Crippen molar-refractivity contribution < 1.29 is 20.4 Å². The summed E-state index contributed by atoms with van der Waals surface area (Å²) in [6.45, 7) is -0.965. The maximum Gasteiger partial charge on any atom is 0.349 e. The fourth-order valence-electron chi connectivity index (χ4n) is 2.76. The Hall–Kier alpha value is -2.59. The second kappa shape index (κ2) is 6.73. The third-order valence-corrected chi connectivity index (χ3v) is 4.04. The van der Waals surface area contributed by atoms with Crippen LogP contribution >= 0.6 is 0 Å². The van der Waals surface area contributed by atoms with E-state index in [0.717, 1.165) is 0 Å². The first-order chi connectivity index (χ1) is 11.9. The SMILES string of the molecule is O=c1nc2n(C[C@H](O)[C@H](O)[C@H](O)CO)c3ccccc3cc-2c(=O)[nH]1. The van der Waals surface area contributed by atoms with Gasteiger partial charge < -0.3 is 25.0 Å². The maximum atomic E-state index is 12.1. The largest absolute Gasteiger partial charge is 0.394 e. The fourth-order valence-corrected chi connectivity index (χ4v) is 2.76. The highest BCUT2D eigenvalue weighted by Gasteiger charge is 2.26. The summed E-state index contributed by atoms with van der Waals surface area (Å²) in [6.07, 6.45) is -4.60. The Bertz CT molecular complexity index is 982. The molecule has 5 N–H and O–H groups in total. The number of aliphatic hydroxyl groups is 4. The molecule has 0 aromatic heterocycles. The Morgan fingerprint density at radius 3 is 2.56 bits per heavy atom. The van der Waals surface area contributed by atoms with Gasteiger partial charge in [-0.25, -0.2) is 4.79 Å². The van der Waals surface area contributed by atoms with Gasteiger partial charge in [0.25, 0.3) is 5.56 Å². The summed E-state index contributed by atoms with van der Waals surface area (Å²) in [5, 5.41) is 39.2. The number of aliphatic hydroxyl groups excluding tert-OH is 4. The van der Waals surface area contributed by atoms with Crippen LogP contribution in [0.3, 0.4) is 0 Å². The Morgan fingerprint density at radius 1 is 1.12 bits per heavy atom. The van der Waals surface area contributed by atoms with E-state index in [9.17, 15) is 24.9 Å². The van der Waals surface area contributed by atoms with Gasteiger partial charge >= 0.3 is 5.69 Å². The van der Waals surface area contributed by atoms with E-state index < -0.39 is 36.2 Å². The van der Waals surface area contributed by atoms with Crippen LogP contribution in [-0.2, 0) is 6.54 Å². The number of para-hydroxylation sites is 1. The Morgan fingerprint density at radius 2 is 1.84 bits per heavy atom. The van der Waals surface area contributed by atoms with E-state index in [-0.39, 0.29) is 17.9 Å². The third-order valence-electron chi connectivity index (χ3n) is 4.04. The van der Waals surface area contributed by atoms with Crippen molar-refractivity contribution in [2.75, 3.05) is 6.61 Å². The van der Waals surface area contributed by atoms with Gasteiger partial charge in [0, 0.05) is 5.52 Å².